The van der Waals surface area contributed by atoms with Crippen molar-refractivity contribution < 1.29 is 9.90 Å². The van der Waals surface area contributed by atoms with Crippen LogP contribution in [-0.2, 0) is 4.79 Å². The number of carbonyl (C=O) groups excluding carboxylic acids is 1. The first-order chi connectivity index (χ1) is 11.7. The zero-order chi connectivity index (χ0) is 16.9. The number of nitrogens with zero attached hydrogens (tertiary/aromatic N) is 1. The number of rotatable bonds is 5. The minimum atomic E-state index is -0.415. The number of benzene rings is 1. The number of pyridine rings is 1. The van der Waals surface area contributed by atoms with Gasteiger partial charge in [-0.1, -0.05) is 35.9 Å². The van der Waals surface area contributed by atoms with Crippen molar-refractivity contribution in [2.45, 2.75) is 24.9 Å². The highest BCUT2D eigenvalue weighted by Crippen LogP contribution is 2.27. The molecular weight excluding hydrogens is 326 g/mol. The van der Waals surface area contributed by atoms with Crippen LogP contribution in [0.3, 0.4) is 0 Å². The molecule has 2 heterocycles. The van der Waals surface area contributed by atoms with E-state index in [-0.39, 0.29) is 18.6 Å². The van der Waals surface area contributed by atoms with Crippen molar-refractivity contribution in [3.05, 3.63) is 53.3 Å². The fourth-order valence-corrected chi connectivity index (χ4v) is 3.15. The largest absolute Gasteiger partial charge is 0.394 e. The highest BCUT2D eigenvalue weighted by molar-refractivity contribution is 6.33. The molecule has 126 valence electrons. The third-order valence-electron chi connectivity index (χ3n) is 4.27. The predicted molar refractivity (Wildman–Crippen MR) is 93.7 cm³/mol. The molecule has 5 nitrogen and oxygen atoms in total. The van der Waals surface area contributed by atoms with Gasteiger partial charge >= 0.3 is 0 Å². The lowest BCUT2D eigenvalue weighted by Crippen LogP contribution is -2.42. The van der Waals surface area contributed by atoms with E-state index in [1.54, 1.807) is 12.4 Å². The van der Waals surface area contributed by atoms with E-state index in [0.717, 1.165) is 36.1 Å². The molecule has 2 aromatic rings. The van der Waals surface area contributed by atoms with Crippen LogP contribution < -0.4 is 10.6 Å². The fourth-order valence-electron chi connectivity index (χ4n) is 2.92. The van der Waals surface area contributed by atoms with Gasteiger partial charge in [-0.2, -0.15) is 0 Å². The number of nitrogens with one attached hydrogen (secondary N) is 2. The maximum Gasteiger partial charge on any atom is 0.237 e. The second kappa shape index (κ2) is 7.75. The van der Waals surface area contributed by atoms with Gasteiger partial charge in [-0.25, -0.2) is 0 Å². The van der Waals surface area contributed by atoms with E-state index in [1.807, 2.05) is 30.3 Å². The zero-order valence-electron chi connectivity index (χ0n) is 13.2. The molecule has 3 N–H and O–H groups in total. The molecule has 0 radical (unpaired) electrons. The summed E-state index contributed by atoms with van der Waals surface area (Å²) < 4.78 is 0. The Morgan fingerprint density at radius 1 is 1.38 bits per heavy atom. The quantitative estimate of drug-likeness (QED) is 0.777. The van der Waals surface area contributed by atoms with Crippen LogP contribution in [0.5, 0.6) is 0 Å². The van der Waals surface area contributed by atoms with Crippen LogP contribution in [0.25, 0.3) is 11.1 Å². The lowest BCUT2D eigenvalue weighted by atomic mass is 10.0. The average molecular weight is 346 g/mol. The number of hydrogen-bond acceptors (Lipinski definition) is 4. The summed E-state index contributed by atoms with van der Waals surface area (Å²) in [7, 11) is 0. The van der Waals surface area contributed by atoms with Gasteiger partial charge in [-0.05, 0) is 36.6 Å². The number of amides is 1. The summed E-state index contributed by atoms with van der Waals surface area (Å²) >= 11 is 6.16. The molecule has 1 aromatic heterocycles. The predicted octanol–water partition coefficient (Wildman–Crippen LogP) is 2.30. The topological polar surface area (TPSA) is 74.2 Å². The van der Waals surface area contributed by atoms with Gasteiger partial charge in [0.1, 0.15) is 0 Å². The Kier molecular flexibility index (Phi) is 5.45. The summed E-state index contributed by atoms with van der Waals surface area (Å²) in [5.41, 5.74) is 2.72. The minimum Gasteiger partial charge on any atom is -0.394 e. The third kappa shape index (κ3) is 3.75. The molecule has 6 heteroatoms. The average Bonchev–Trinajstić information content (AvgIpc) is 3.15. The number of aromatic nitrogens is 1. The summed E-state index contributed by atoms with van der Waals surface area (Å²) in [4.78, 5) is 16.2. The van der Waals surface area contributed by atoms with Crippen molar-refractivity contribution in [2.24, 2.45) is 0 Å². The molecule has 1 saturated heterocycles. The monoisotopic (exact) mass is 345 g/mol. The van der Waals surface area contributed by atoms with E-state index in [4.69, 9.17) is 11.6 Å². The van der Waals surface area contributed by atoms with Crippen LogP contribution in [-0.4, -0.2) is 35.2 Å². The highest BCUT2D eigenvalue weighted by atomic mass is 35.5. The fraction of sp³-hybridized carbons (Fsp3) is 0.333. The molecule has 1 aliphatic rings. The maximum atomic E-state index is 12.2. The molecule has 1 amide bonds. The SMILES string of the molecule is O=C(NC(CO)c1ccc(-c2ccncc2Cl)cc1)C1CCCN1. The standard InChI is InChI=1S/C18H20ClN3O2/c19-15-10-20-9-7-14(15)12-3-5-13(6-4-12)17(11-23)22-18(24)16-2-1-8-21-16/h3-7,9-10,16-17,21,23H,1-2,8,11H2,(H,22,24). The molecule has 0 aliphatic carbocycles. The zero-order valence-corrected chi connectivity index (χ0v) is 14.0. The van der Waals surface area contributed by atoms with Crippen molar-refractivity contribution in [3.63, 3.8) is 0 Å². The second-order valence-electron chi connectivity index (χ2n) is 5.87. The Balaban J connectivity index is 1.73. The van der Waals surface area contributed by atoms with Gasteiger partial charge in [-0.3, -0.25) is 9.78 Å². The van der Waals surface area contributed by atoms with E-state index < -0.39 is 6.04 Å². The van der Waals surface area contributed by atoms with Gasteiger partial charge in [-0.15, -0.1) is 0 Å². The molecule has 24 heavy (non-hydrogen) atoms. The summed E-state index contributed by atoms with van der Waals surface area (Å²) in [6.45, 7) is 0.719. The molecule has 0 bridgehead atoms. The van der Waals surface area contributed by atoms with Crippen LogP contribution >= 0.6 is 11.6 Å². The van der Waals surface area contributed by atoms with Gasteiger partial charge in [0.05, 0.1) is 23.7 Å². The summed E-state index contributed by atoms with van der Waals surface area (Å²) in [5, 5.41) is 16.3. The first-order valence-electron chi connectivity index (χ1n) is 8.03. The summed E-state index contributed by atoms with van der Waals surface area (Å²) in [6, 6.07) is 8.94. The lowest BCUT2D eigenvalue weighted by molar-refractivity contribution is -0.123. The Bertz CT molecular complexity index is 700. The molecule has 0 saturated carbocycles. The van der Waals surface area contributed by atoms with Gasteiger partial charge < -0.3 is 15.7 Å². The van der Waals surface area contributed by atoms with Crippen molar-refractivity contribution in [1.29, 1.82) is 0 Å². The molecule has 2 unspecified atom stereocenters. The molecular formula is C18H20ClN3O2. The number of hydrogen-bond donors (Lipinski definition) is 3. The molecule has 1 aliphatic heterocycles. The summed E-state index contributed by atoms with van der Waals surface area (Å²) in [6.07, 6.45) is 5.14. The van der Waals surface area contributed by atoms with Crippen LogP contribution in [0, 0.1) is 0 Å². The van der Waals surface area contributed by atoms with E-state index in [9.17, 15) is 9.90 Å². The first-order valence-corrected chi connectivity index (χ1v) is 8.41. The van der Waals surface area contributed by atoms with Crippen molar-refractivity contribution in [3.8, 4) is 11.1 Å². The van der Waals surface area contributed by atoms with Gasteiger partial charge in [0.25, 0.3) is 0 Å². The van der Waals surface area contributed by atoms with Crippen molar-refractivity contribution in [2.75, 3.05) is 13.2 Å². The Hall–Kier alpha value is -1.95. The van der Waals surface area contributed by atoms with E-state index in [1.165, 1.54) is 0 Å². The summed E-state index contributed by atoms with van der Waals surface area (Å²) in [5.74, 6) is -0.0622. The van der Waals surface area contributed by atoms with E-state index >= 15 is 0 Å². The first kappa shape index (κ1) is 16.9. The van der Waals surface area contributed by atoms with E-state index in [0.29, 0.717) is 5.02 Å². The molecule has 3 rings (SSSR count). The molecule has 1 fully saturated rings. The Morgan fingerprint density at radius 2 is 2.17 bits per heavy atom. The normalized spacial score (nSPS) is 18.3. The van der Waals surface area contributed by atoms with Crippen LogP contribution in [0.4, 0.5) is 0 Å². The maximum absolute atomic E-state index is 12.2. The van der Waals surface area contributed by atoms with Crippen LogP contribution in [0.15, 0.2) is 42.7 Å². The molecule has 1 aromatic carbocycles. The smallest absolute Gasteiger partial charge is 0.237 e. The number of carbonyl (C=O) groups is 1. The van der Waals surface area contributed by atoms with Gasteiger partial charge in [0.2, 0.25) is 5.91 Å². The van der Waals surface area contributed by atoms with Crippen LogP contribution in [0.1, 0.15) is 24.4 Å². The second-order valence-corrected chi connectivity index (χ2v) is 6.28. The van der Waals surface area contributed by atoms with E-state index in [2.05, 4.69) is 15.6 Å². The van der Waals surface area contributed by atoms with Crippen LogP contribution in [0.2, 0.25) is 5.02 Å². The number of aliphatic hydroxyl groups is 1. The van der Waals surface area contributed by atoms with Crippen molar-refractivity contribution >= 4 is 17.5 Å². The van der Waals surface area contributed by atoms with Gasteiger partial charge in [0.15, 0.2) is 0 Å². The molecule has 0 spiro atoms. The Labute approximate surface area is 146 Å². The number of aliphatic hydroxyl groups excluding tert-OH is 1. The third-order valence-corrected chi connectivity index (χ3v) is 4.57. The lowest BCUT2D eigenvalue weighted by Gasteiger charge is -2.20. The minimum absolute atomic E-state index is 0.0622. The van der Waals surface area contributed by atoms with Crippen molar-refractivity contribution in [1.82, 2.24) is 15.6 Å². The van der Waals surface area contributed by atoms with Gasteiger partial charge in [0, 0.05) is 18.0 Å². The highest BCUT2D eigenvalue weighted by Gasteiger charge is 2.24. The Morgan fingerprint density at radius 3 is 2.79 bits per heavy atom. The molecule has 2 atom stereocenters. The number of halogens is 1.